The van der Waals surface area contributed by atoms with Gasteiger partial charge in [0.15, 0.2) is 0 Å². The molecule has 2 N–H and O–H groups in total. The Kier molecular flexibility index (Phi) is 9.16. The summed E-state index contributed by atoms with van der Waals surface area (Å²) in [5.74, 6) is 2.10. The molecule has 1 saturated carbocycles. The molecule has 3 rings (SSSR count). The third-order valence-electron chi connectivity index (χ3n) is 7.55. The lowest BCUT2D eigenvalue weighted by atomic mass is 9.88. The largest absolute Gasteiger partial charge is 0.343 e. The number of nitrogens with zero attached hydrogens (tertiary/aromatic N) is 2. The Morgan fingerprint density at radius 3 is 1.13 bits per heavy atom. The Morgan fingerprint density at radius 2 is 0.868 bits per heavy atom. The molecule has 0 heterocycles. The van der Waals surface area contributed by atoms with Crippen LogP contribution in [0.5, 0.6) is 0 Å². The molecule has 0 radical (unpaired) electrons. The molecular formula is C34H52N4. The van der Waals surface area contributed by atoms with Gasteiger partial charge in [-0.1, -0.05) is 89.8 Å². The lowest BCUT2D eigenvalue weighted by Crippen LogP contribution is -2.37. The van der Waals surface area contributed by atoms with Crippen LogP contribution in [0.3, 0.4) is 0 Å². The molecule has 0 amide bonds. The van der Waals surface area contributed by atoms with E-state index in [1.54, 1.807) is 0 Å². The number of hydrogen-bond acceptors (Lipinski definition) is 2. The van der Waals surface area contributed by atoms with Gasteiger partial charge >= 0.3 is 0 Å². The second-order valence-corrected chi connectivity index (χ2v) is 13.7. The molecule has 0 spiro atoms. The van der Waals surface area contributed by atoms with Gasteiger partial charge in [0.05, 0.1) is 12.1 Å². The molecule has 2 aromatic rings. The van der Waals surface area contributed by atoms with Gasteiger partial charge < -0.3 is 10.6 Å². The van der Waals surface area contributed by atoms with Crippen LogP contribution in [0, 0.1) is 52.4 Å². The number of aliphatic imine (C=N–C) groups is 2. The monoisotopic (exact) mass is 516 g/mol. The van der Waals surface area contributed by atoms with Gasteiger partial charge in [0.2, 0.25) is 0 Å². The normalized spacial score (nSPS) is 19.5. The lowest BCUT2D eigenvalue weighted by Gasteiger charge is -2.33. The summed E-state index contributed by atoms with van der Waals surface area (Å²) in [5.41, 5.74) is 9.81. The fraction of sp³-hybridized carbons (Fsp3) is 0.588. The van der Waals surface area contributed by atoms with Gasteiger partial charge in [-0.25, -0.2) is 0 Å². The summed E-state index contributed by atoms with van der Waals surface area (Å²) in [7, 11) is 0. The summed E-state index contributed by atoms with van der Waals surface area (Å²) >= 11 is 0. The van der Waals surface area contributed by atoms with Crippen molar-refractivity contribution in [3.8, 4) is 0 Å². The number of amidine groups is 2. The number of rotatable bonds is 4. The molecular weight excluding hydrogens is 464 g/mol. The summed E-state index contributed by atoms with van der Waals surface area (Å²) < 4.78 is 0. The van der Waals surface area contributed by atoms with E-state index in [4.69, 9.17) is 9.98 Å². The first kappa shape index (κ1) is 29.9. The van der Waals surface area contributed by atoms with Crippen molar-refractivity contribution in [2.24, 2.45) is 20.8 Å². The predicted octanol–water partition coefficient (Wildman–Crippen LogP) is 9.26. The fourth-order valence-electron chi connectivity index (χ4n) is 5.54. The molecule has 4 heteroatoms. The van der Waals surface area contributed by atoms with Crippen LogP contribution in [0.25, 0.3) is 0 Å². The second-order valence-electron chi connectivity index (χ2n) is 13.7. The Labute approximate surface area is 232 Å². The minimum atomic E-state index is -0.100. The summed E-state index contributed by atoms with van der Waals surface area (Å²) in [6.07, 6.45) is 4.55. The van der Waals surface area contributed by atoms with Crippen molar-refractivity contribution in [3.05, 3.63) is 57.6 Å². The second kappa shape index (κ2) is 11.6. The molecule has 2 atom stereocenters. The zero-order valence-electron chi connectivity index (χ0n) is 26.2. The van der Waals surface area contributed by atoms with Gasteiger partial charge in [-0.2, -0.15) is 0 Å². The van der Waals surface area contributed by atoms with E-state index in [-0.39, 0.29) is 22.9 Å². The summed E-state index contributed by atoms with van der Waals surface area (Å²) in [4.78, 5) is 10.9. The molecule has 38 heavy (non-hydrogen) atoms. The van der Waals surface area contributed by atoms with Gasteiger partial charge in [-0.3, -0.25) is 9.98 Å². The minimum Gasteiger partial charge on any atom is -0.343 e. The molecule has 0 unspecified atom stereocenters. The average Bonchev–Trinajstić information content (AvgIpc) is 2.76. The predicted molar refractivity (Wildman–Crippen MR) is 168 cm³/mol. The molecule has 1 fully saturated rings. The van der Waals surface area contributed by atoms with E-state index in [2.05, 4.69) is 118 Å². The number of anilines is 2. The molecule has 0 aliphatic heterocycles. The van der Waals surface area contributed by atoms with Crippen LogP contribution in [0.2, 0.25) is 0 Å². The van der Waals surface area contributed by atoms with Crippen molar-refractivity contribution in [1.82, 2.24) is 0 Å². The quantitative estimate of drug-likeness (QED) is 0.314. The van der Waals surface area contributed by atoms with Gasteiger partial charge in [0.25, 0.3) is 0 Å². The summed E-state index contributed by atoms with van der Waals surface area (Å²) in [5, 5.41) is 7.56. The van der Waals surface area contributed by atoms with Crippen molar-refractivity contribution in [2.45, 2.75) is 121 Å². The maximum absolute atomic E-state index is 5.45. The molecule has 4 nitrogen and oxygen atoms in total. The maximum atomic E-state index is 5.45. The van der Waals surface area contributed by atoms with Gasteiger partial charge in [0.1, 0.15) is 11.7 Å². The van der Waals surface area contributed by atoms with Crippen molar-refractivity contribution in [1.29, 1.82) is 0 Å². The lowest BCUT2D eigenvalue weighted by molar-refractivity contribution is 0.382. The summed E-state index contributed by atoms with van der Waals surface area (Å²) in [6.45, 7) is 26.6. The van der Waals surface area contributed by atoms with E-state index in [0.29, 0.717) is 0 Å². The van der Waals surface area contributed by atoms with Crippen LogP contribution >= 0.6 is 0 Å². The standard InChI is InChI=1S/C34H52N4/c1-21-17-23(3)29(24(4)18-21)37-31(33(7,8)9)35-27-15-13-14-16-28(27)36-32(34(10,11)12)38-30-25(5)19-22(2)20-26(30)6/h17-20,27-28H,13-16H2,1-12H3,(H,35,37)(H,36,38)/t27-,28-/m1/s1. The highest BCUT2D eigenvalue weighted by Crippen LogP contribution is 2.32. The Hall–Kier alpha value is -2.62. The van der Waals surface area contributed by atoms with E-state index in [1.165, 1.54) is 57.6 Å². The highest BCUT2D eigenvalue weighted by atomic mass is 15.1. The van der Waals surface area contributed by atoms with Gasteiger partial charge in [-0.15, -0.1) is 0 Å². The smallest absolute Gasteiger partial charge is 0.107 e. The van der Waals surface area contributed by atoms with Crippen LogP contribution in [0.4, 0.5) is 11.4 Å². The van der Waals surface area contributed by atoms with Crippen LogP contribution in [-0.4, -0.2) is 23.8 Å². The van der Waals surface area contributed by atoms with Crippen molar-refractivity contribution in [2.75, 3.05) is 10.6 Å². The van der Waals surface area contributed by atoms with E-state index < -0.39 is 0 Å². The number of aryl methyl sites for hydroxylation is 6. The number of hydrogen-bond donors (Lipinski definition) is 2. The molecule has 0 saturated heterocycles. The molecule has 1 aliphatic rings. The average molecular weight is 517 g/mol. The Bertz CT molecular complexity index is 1060. The first-order valence-corrected chi connectivity index (χ1v) is 14.4. The molecule has 2 aromatic carbocycles. The van der Waals surface area contributed by atoms with E-state index in [9.17, 15) is 0 Å². The van der Waals surface area contributed by atoms with Crippen molar-refractivity contribution < 1.29 is 0 Å². The SMILES string of the molecule is Cc1cc(C)c(NC(=N[C@@H]2CCCC[C@H]2N=C(Nc2c(C)cc(C)cc2C)C(C)(C)C)C(C)(C)C)c(C)c1. The van der Waals surface area contributed by atoms with Crippen LogP contribution in [0.15, 0.2) is 34.3 Å². The topological polar surface area (TPSA) is 48.8 Å². The molecule has 1 aliphatic carbocycles. The van der Waals surface area contributed by atoms with E-state index in [1.807, 2.05) is 0 Å². The third kappa shape index (κ3) is 7.48. The first-order valence-electron chi connectivity index (χ1n) is 14.4. The first-order chi connectivity index (χ1) is 17.6. The molecule has 0 aromatic heterocycles. The molecule has 0 bridgehead atoms. The van der Waals surface area contributed by atoms with Crippen molar-refractivity contribution in [3.63, 3.8) is 0 Å². The van der Waals surface area contributed by atoms with Crippen LogP contribution in [0.1, 0.15) is 101 Å². The minimum absolute atomic E-state index is 0.100. The Morgan fingerprint density at radius 1 is 0.579 bits per heavy atom. The Balaban J connectivity index is 2.01. The van der Waals surface area contributed by atoms with Gasteiger partial charge in [-0.05, 0) is 76.6 Å². The molecule has 208 valence electrons. The highest BCUT2D eigenvalue weighted by molar-refractivity contribution is 6.01. The highest BCUT2D eigenvalue weighted by Gasteiger charge is 2.30. The van der Waals surface area contributed by atoms with E-state index >= 15 is 0 Å². The summed E-state index contributed by atoms with van der Waals surface area (Å²) in [6, 6.07) is 9.32. The fourth-order valence-corrected chi connectivity index (χ4v) is 5.54. The zero-order chi connectivity index (χ0) is 28.4. The van der Waals surface area contributed by atoms with Crippen LogP contribution < -0.4 is 10.6 Å². The number of nitrogens with one attached hydrogen (secondary N) is 2. The number of benzene rings is 2. The van der Waals surface area contributed by atoms with Crippen LogP contribution in [-0.2, 0) is 0 Å². The van der Waals surface area contributed by atoms with E-state index in [0.717, 1.165) is 24.5 Å². The third-order valence-corrected chi connectivity index (χ3v) is 7.55. The maximum Gasteiger partial charge on any atom is 0.107 e. The van der Waals surface area contributed by atoms with Gasteiger partial charge in [0, 0.05) is 22.2 Å². The zero-order valence-corrected chi connectivity index (χ0v) is 26.2. The van der Waals surface area contributed by atoms with Crippen molar-refractivity contribution >= 4 is 23.0 Å².